The Bertz CT molecular complexity index is 304. The average molecular weight is 245 g/mol. The van der Waals surface area contributed by atoms with Gasteiger partial charge in [-0.15, -0.1) is 0 Å². The van der Waals surface area contributed by atoms with E-state index in [-0.39, 0.29) is 0 Å². The Balaban J connectivity index is 2.74. The van der Waals surface area contributed by atoms with E-state index in [9.17, 15) is 0 Å². The Morgan fingerprint density at radius 1 is 1.13 bits per heavy atom. The highest BCUT2D eigenvalue weighted by Crippen LogP contribution is 2.47. The van der Waals surface area contributed by atoms with Gasteiger partial charge in [-0.2, -0.15) is 0 Å². The highest BCUT2D eigenvalue weighted by molar-refractivity contribution is 7.54. The summed E-state index contributed by atoms with van der Waals surface area (Å²) in [6, 6.07) is 7.63. The lowest BCUT2D eigenvalue weighted by Gasteiger charge is -2.25. The van der Waals surface area contributed by atoms with Gasteiger partial charge in [0.05, 0.1) is 8.15 Å². The third-order valence-electron chi connectivity index (χ3n) is 2.02. The lowest BCUT2D eigenvalue weighted by atomic mass is 10.3. The quantitative estimate of drug-likeness (QED) is 0.682. The minimum Gasteiger partial charge on any atom is -0.474 e. The summed E-state index contributed by atoms with van der Waals surface area (Å²) in [7, 11) is -0.426. The predicted octanol–water partition coefficient (Wildman–Crippen LogP) is 4.93. The molecule has 0 aliphatic carbocycles. The van der Waals surface area contributed by atoms with E-state index in [1.165, 1.54) is 0 Å². The first-order valence-electron chi connectivity index (χ1n) is 5.22. The standard InChI is InChI=1S/C12H18ClOP/c1-9(2)15(10(3)4)14-12-7-5-6-11(13)8-12/h5-10H,1-4H3. The molecule has 0 aromatic heterocycles. The van der Waals surface area contributed by atoms with Gasteiger partial charge >= 0.3 is 0 Å². The van der Waals surface area contributed by atoms with Crippen molar-refractivity contribution in [2.75, 3.05) is 0 Å². The summed E-state index contributed by atoms with van der Waals surface area (Å²) < 4.78 is 6.00. The molecule has 0 spiro atoms. The summed E-state index contributed by atoms with van der Waals surface area (Å²) in [5, 5.41) is 0.731. The molecule has 0 heterocycles. The van der Waals surface area contributed by atoms with Gasteiger partial charge in [0.25, 0.3) is 0 Å². The number of benzene rings is 1. The fourth-order valence-electron chi connectivity index (χ4n) is 1.45. The lowest BCUT2D eigenvalue weighted by molar-refractivity contribution is 0.593. The second-order valence-corrected chi connectivity index (χ2v) is 7.50. The Kier molecular flexibility index (Phi) is 4.89. The summed E-state index contributed by atoms with van der Waals surface area (Å²) in [6.45, 7) is 8.82. The molecule has 1 aromatic rings. The van der Waals surface area contributed by atoms with Crippen molar-refractivity contribution in [2.45, 2.75) is 39.0 Å². The van der Waals surface area contributed by atoms with Crippen LogP contribution in [0.1, 0.15) is 27.7 Å². The average Bonchev–Trinajstić information content (AvgIpc) is 2.13. The topological polar surface area (TPSA) is 9.23 Å². The molecule has 0 saturated carbocycles. The van der Waals surface area contributed by atoms with Gasteiger partial charge in [-0.05, 0) is 18.2 Å². The van der Waals surface area contributed by atoms with Crippen LogP contribution in [0.15, 0.2) is 24.3 Å². The van der Waals surface area contributed by atoms with Gasteiger partial charge in [-0.3, -0.25) is 0 Å². The van der Waals surface area contributed by atoms with Crippen LogP contribution in [-0.4, -0.2) is 11.3 Å². The Morgan fingerprint density at radius 3 is 2.20 bits per heavy atom. The van der Waals surface area contributed by atoms with Crippen LogP contribution in [0.25, 0.3) is 0 Å². The molecule has 3 heteroatoms. The van der Waals surface area contributed by atoms with Gasteiger partial charge < -0.3 is 4.52 Å². The van der Waals surface area contributed by atoms with Crippen molar-refractivity contribution < 1.29 is 4.52 Å². The number of hydrogen-bond donors (Lipinski definition) is 0. The molecule has 0 unspecified atom stereocenters. The largest absolute Gasteiger partial charge is 0.474 e. The highest BCUT2D eigenvalue weighted by Gasteiger charge is 2.19. The minimum absolute atomic E-state index is 0.426. The van der Waals surface area contributed by atoms with Crippen LogP contribution in [0.5, 0.6) is 5.75 Å². The van der Waals surface area contributed by atoms with Gasteiger partial charge in [-0.25, -0.2) is 0 Å². The summed E-state index contributed by atoms with van der Waals surface area (Å²) in [6.07, 6.45) is 0. The lowest BCUT2D eigenvalue weighted by Crippen LogP contribution is -2.08. The summed E-state index contributed by atoms with van der Waals surface area (Å²) >= 11 is 5.91. The molecule has 0 N–H and O–H groups in total. The van der Waals surface area contributed by atoms with Gasteiger partial charge in [0.2, 0.25) is 0 Å². The molecular formula is C12H18ClOP. The molecule has 1 nitrogen and oxygen atoms in total. The fourth-order valence-corrected chi connectivity index (χ4v) is 3.60. The number of hydrogen-bond acceptors (Lipinski definition) is 1. The summed E-state index contributed by atoms with van der Waals surface area (Å²) in [5.74, 6) is 0.885. The number of rotatable bonds is 4. The summed E-state index contributed by atoms with van der Waals surface area (Å²) in [4.78, 5) is 0. The molecule has 0 bridgehead atoms. The van der Waals surface area contributed by atoms with Crippen LogP contribution in [0.2, 0.25) is 5.02 Å². The van der Waals surface area contributed by atoms with E-state index < -0.39 is 8.15 Å². The van der Waals surface area contributed by atoms with Crippen molar-refractivity contribution in [2.24, 2.45) is 0 Å². The van der Waals surface area contributed by atoms with Crippen LogP contribution in [0, 0.1) is 0 Å². The Hall–Kier alpha value is -0.260. The van der Waals surface area contributed by atoms with Crippen LogP contribution in [-0.2, 0) is 0 Å². The first-order valence-corrected chi connectivity index (χ1v) is 7.00. The molecule has 0 amide bonds. The molecule has 1 aromatic carbocycles. The van der Waals surface area contributed by atoms with Gasteiger partial charge in [0.1, 0.15) is 5.75 Å². The monoisotopic (exact) mass is 244 g/mol. The summed E-state index contributed by atoms with van der Waals surface area (Å²) in [5.41, 5.74) is 1.14. The zero-order valence-corrected chi connectivity index (χ0v) is 11.3. The van der Waals surface area contributed by atoms with E-state index in [1.54, 1.807) is 0 Å². The Morgan fingerprint density at radius 2 is 1.73 bits per heavy atom. The second kappa shape index (κ2) is 5.72. The number of halogens is 1. The molecule has 0 aliphatic rings. The normalized spacial score (nSPS) is 11.5. The molecule has 0 radical (unpaired) electrons. The van der Waals surface area contributed by atoms with Crippen LogP contribution >= 0.6 is 19.7 Å². The van der Waals surface area contributed by atoms with Crippen molar-refractivity contribution in [3.8, 4) is 5.75 Å². The van der Waals surface area contributed by atoms with E-state index in [1.807, 2.05) is 24.3 Å². The van der Waals surface area contributed by atoms with Crippen molar-refractivity contribution in [3.63, 3.8) is 0 Å². The van der Waals surface area contributed by atoms with Gasteiger partial charge in [0.15, 0.2) is 0 Å². The third-order valence-corrected chi connectivity index (χ3v) is 4.72. The van der Waals surface area contributed by atoms with E-state index in [0.29, 0.717) is 11.3 Å². The molecule has 1 rings (SSSR count). The van der Waals surface area contributed by atoms with Crippen LogP contribution < -0.4 is 4.52 Å². The van der Waals surface area contributed by atoms with Crippen molar-refractivity contribution in [1.82, 2.24) is 0 Å². The molecule has 15 heavy (non-hydrogen) atoms. The van der Waals surface area contributed by atoms with Gasteiger partial charge in [0, 0.05) is 16.3 Å². The molecule has 0 atom stereocenters. The van der Waals surface area contributed by atoms with Crippen molar-refractivity contribution >= 4 is 19.7 Å². The molecular weight excluding hydrogens is 227 g/mol. The predicted molar refractivity (Wildman–Crippen MR) is 69.3 cm³/mol. The SMILES string of the molecule is CC(C)P(Oc1cccc(Cl)c1)C(C)C. The van der Waals surface area contributed by atoms with E-state index in [2.05, 4.69) is 27.7 Å². The zero-order chi connectivity index (χ0) is 11.4. The molecule has 84 valence electrons. The molecule has 0 aliphatic heterocycles. The maximum atomic E-state index is 6.00. The van der Waals surface area contributed by atoms with Crippen LogP contribution in [0.4, 0.5) is 0 Å². The van der Waals surface area contributed by atoms with Crippen molar-refractivity contribution in [3.05, 3.63) is 29.3 Å². The molecule has 0 saturated heterocycles. The minimum atomic E-state index is -0.426. The first kappa shape index (κ1) is 12.8. The first-order chi connectivity index (χ1) is 7.00. The highest BCUT2D eigenvalue weighted by atomic mass is 35.5. The zero-order valence-electron chi connectivity index (χ0n) is 9.70. The second-order valence-electron chi connectivity index (χ2n) is 4.10. The van der Waals surface area contributed by atoms with E-state index in [4.69, 9.17) is 16.1 Å². The smallest absolute Gasteiger partial charge is 0.124 e. The third kappa shape index (κ3) is 4.01. The van der Waals surface area contributed by atoms with Crippen LogP contribution in [0.3, 0.4) is 0 Å². The maximum Gasteiger partial charge on any atom is 0.124 e. The Labute approximate surface area is 98.6 Å². The fraction of sp³-hybridized carbons (Fsp3) is 0.500. The maximum absolute atomic E-state index is 6.00. The van der Waals surface area contributed by atoms with Crippen molar-refractivity contribution in [1.29, 1.82) is 0 Å². The van der Waals surface area contributed by atoms with E-state index >= 15 is 0 Å². The van der Waals surface area contributed by atoms with E-state index in [0.717, 1.165) is 10.8 Å². The molecule has 0 fully saturated rings. The van der Waals surface area contributed by atoms with Gasteiger partial charge in [-0.1, -0.05) is 45.4 Å².